The normalized spacial score (nSPS) is 12.1. The Balaban J connectivity index is 1.85. The molecule has 0 aliphatic rings. The number of carbonyl (C=O) groups excluding carboxylic acids is 2. The van der Waals surface area contributed by atoms with Crippen LogP contribution in [0.4, 0.5) is 0 Å². The molecule has 0 heterocycles. The molecule has 8 heteroatoms. The summed E-state index contributed by atoms with van der Waals surface area (Å²) < 4.78 is 21.1. The summed E-state index contributed by atoms with van der Waals surface area (Å²) in [4.78, 5) is 24.5. The number of carbonyl (C=O) groups is 2. The number of nitrogens with one attached hydrogen (secondary N) is 1. The Morgan fingerprint density at radius 3 is 2.27 bits per heavy atom. The van der Waals surface area contributed by atoms with Crippen LogP contribution in [0.2, 0.25) is 0 Å². The van der Waals surface area contributed by atoms with E-state index in [-0.39, 0.29) is 6.54 Å². The van der Waals surface area contributed by atoms with E-state index in [9.17, 15) is 9.59 Å². The zero-order valence-electron chi connectivity index (χ0n) is 17.3. The molecule has 2 atom stereocenters. The van der Waals surface area contributed by atoms with E-state index in [2.05, 4.69) is 5.32 Å². The molecule has 1 amide bonds. The summed E-state index contributed by atoms with van der Waals surface area (Å²) in [5.41, 5.74) is 1.29. The van der Waals surface area contributed by atoms with Gasteiger partial charge in [0.2, 0.25) is 0 Å². The molecule has 30 heavy (non-hydrogen) atoms. The maximum Gasteiger partial charge on any atom is 0.347 e. The highest BCUT2D eigenvalue weighted by atomic mass is 16.6. The van der Waals surface area contributed by atoms with Gasteiger partial charge in [0.1, 0.15) is 5.75 Å². The van der Waals surface area contributed by atoms with Gasteiger partial charge in [0.05, 0.1) is 25.9 Å². The van der Waals surface area contributed by atoms with Gasteiger partial charge in [-0.15, -0.1) is 0 Å². The SMILES string of the molecule is COc1ccc(CNC(=O)[C@@H](C)OC(=O)[C@@H](C)Oc2ccc(C#N)cc2)cc1OC. The standard InChI is InChI=1S/C22H24N2O6/c1-14(21(25)24-13-17-7-10-19(27-3)20(11-17)28-4)30-22(26)15(2)29-18-8-5-16(12-23)6-9-18/h5-11,14-15H,13H2,1-4H3,(H,24,25)/t14-,15-/m1/s1. The molecule has 0 aliphatic heterocycles. The van der Waals surface area contributed by atoms with Gasteiger partial charge in [-0.25, -0.2) is 4.79 Å². The molecule has 0 aromatic heterocycles. The van der Waals surface area contributed by atoms with Gasteiger partial charge in [0.15, 0.2) is 23.7 Å². The summed E-state index contributed by atoms with van der Waals surface area (Å²) in [5, 5.41) is 11.5. The molecule has 0 saturated carbocycles. The van der Waals surface area contributed by atoms with E-state index in [4.69, 9.17) is 24.2 Å². The van der Waals surface area contributed by atoms with Crippen LogP contribution in [0.25, 0.3) is 0 Å². The number of hydrogen-bond donors (Lipinski definition) is 1. The molecule has 2 aromatic carbocycles. The maximum absolute atomic E-state index is 12.3. The number of nitrogens with zero attached hydrogens (tertiary/aromatic N) is 1. The van der Waals surface area contributed by atoms with Gasteiger partial charge in [-0.2, -0.15) is 5.26 Å². The number of ether oxygens (including phenoxy) is 4. The second-order valence-corrected chi connectivity index (χ2v) is 6.38. The average molecular weight is 412 g/mol. The quantitative estimate of drug-likeness (QED) is 0.631. The Morgan fingerprint density at radius 1 is 1.00 bits per heavy atom. The van der Waals surface area contributed by atoms with Crippen LogP contribution >= 0.6 is 0 Å². The molecule has 0 fully saturated rings. The Kier molecular flexibility index (Phi) is 8.06. The lowest BCUT2D eigenvalue weighted by Gasteiger charge is -2.18. The summed E-state index contributed by atoms with van der Waals surface area (Å²) in [5.74, 6) is 0.449. The van der Waals surface area contributed by atoms with Gasteiger partial charge in [-0.1, -0.05) is 6.07 Å². The van der Waals surface area contributed by atoms with Crippen LogP contribution in [0.3, 0.4) is 0 Å². The van der Waals surface area contributed by atoms with Gasteiger partial charge in [0, 0.05) is 6.54 Å². The van der Waals surface area contributed by atoms with Crippen molar-refractivity contribution in [3.63, 3.8) is 0 Å². The van der Waals surface area contributed by atoms with E-state index in [1.165, 1.54) is 21.0 Å². The lowest BCUT2D eigenvalue weighted by Crippen LogP contribution is -2.38. The van der Waals surface area contributed by atoms with Gasteiger partial charge in [-0.3, -0.25) is 4.79 Å². The largest absolute Gasteiger partial charge is 0.493 e. The Hall–Kier alpha value is -3.73. The summed E-state index contributed by atoms with van der Waals surface area (Å²) in [6.45, 7) is 3.24. The molecule has 158 valence electrons. The molecule has 8 nitrogen and oxygen atoms in total. The van der Waals surface area contributed by atoms with Crippen molar-refractivity contribution >= 4 is 11.9 Å². The minimum absolute atomic E-state index is 0.234. The molecule has 0 bridgehead atoms. The van der Waals surface area contributed by atoms with Gasteiger partial charge in [-0.05, 0) is 55.8 Å². The molecular formula is C22H24N2O6. The minimum atomic E-state index is -0.996. The fourth-order valence-electron chi connectivity index (χ4n) is 2.51. The Labute approximate surface area is 175 Å². The van der Waals surface area contributed by atoms with Gasteiger partial charge < -0.3 is 24.3 Å². The van der Waals surface area contributed by atoms with E-state index in [0.29, 0.717) is 22.8 Å². The van der Waals surface area contributed by atoms with E-state index in [1.54, 1.807) is 49.6 Å². The van der Waals surface area contributed by atoms with Crippen LogP contribution in [-0.4, -0.2) is 38.3 Å². The number of amides is 1. The first-order valence-electron chi connectivity index (χ1n) is 9.23. The minimum Gasteiger partial charge on any atom is -0.493 e. The van der Waals surface area contributed by atoms with Crippen molar-refractivity contribution in [2.45, 2.75) is 32.6 Å². The number of rotatable bonds is 9. The number of methoxy groups -OCH3 is 2. The number of esters is 1. The first-order valence-corrected chi connectivity index (χ1v) is 9.23. The molecule has 2 aromatic rings. The number of nitriles is 1. The second-order valence-electron chi connectivity index (χ2n) is 6.38. The Morgan fingerprint density at radius 2 is 1.67 bits per heavy atom. The fraction of sp³-hybridized carbons (Fsp3) is 0.318. The van der Waals surface area contributed by atoms with Gasteiger partial charge >= 0.3 is 5.97 Å². The first-order chi connectivity index (χ1) is 14.4. The monoisotopic (exact) mass is 412 g/mol. The lowest BCUT2D eigenvalue weighted by atomic mass is 10.2. The highest BCUT2D eigenvalue weighted by Crippen LogP contribution is 2.27. The summed E-state index contributed by atoms with van der Waals surface area (Å²) in [6.07, 6.45) is -1.91. The van der Waals surface area contributed by atoms with Crippen LogP contribution in [0.5, 0.6) is 17.2 Å². The zero-order valence-corrected chi connectivity index (χ0v) is 17.3. The van der Waals surface area contributed by atoms with Gasteiger partial charge in [0.25, 0.3) is 5.91 Å². The highest BCUT2D eigenvalue weighted by molar-refractivity contribution is 5.84. The van der Waals surface area contributed by atoms with Crippen molar-refractivity contribution in [2.75, 3.05) is 14.2 Å². The fourth-order valence-corrected chi connectivity index (χ4v) is 2.51. The lowest BCUT2D eigenvalue weighted by molar-refractivity contribution is -0.160. The molecule has 1 N–H and O–H groups in total. The molecule has 0 spiro atoms. The molecule has 2 rings (SSSR count). The average Bonchev–Trinajstić information content (AvgIpc) is 2.77. The summed E-state index contributed by atoms with van der Waals surface area (Å²) in [6, 6.07) is 13.6. The molecule has 0 radical (unpaired) electrons. The zero-order chi connectivity index (χ0) is 22.1. The van der Waals surface area contributed by atoms with Crippen molar-refractivity contribution < 1.29 is 28.5 Å². The van der Waals surface area contributed by atoms with Crippen molar-refractivity contribution in [3.8, 4) is 23.3 Å². The predicted octanol–water partition coefficient (Wildman–Crippen LogP) is 2.59. The summed E-state index contributed by atoms with van der Waals surface area (Å²) in [7, 11) is 3.07. The third-order valence-corrected chi connectivity index (χ3v) is 4.21. The van der Waals surface area contributed by atoms with E-state index < -0.39 is 24.1 Å². The topological polar surface area (TPSA) is 107 Å². The first kappa shape index (κ1) is 22.6. The van der Waals surface area contributed by atoms with E-state index in [0.717, 1.165) is 5.56 Å². The van der Waals surface area contributed by atoms with Crippen molar-refractivity contribution in [1.29, 1.82) is 5.26 Å². The number of hydrogen-bond acceptors (Lipinski definition) is 7. The summed E-state index contributed by atoms with van der Waals surface area (Å²) >= 11 is 0. The smallest absolute Gasteiger partial charge is 0.347 e. The van der Waals surface area contributed by atoms with Crippen molar-refractivity contribution in [2.24, 2.45) is 0 Å². The third-order valence-electron chi connectivity index (χ3n) is 4.21. The van der Waals surface area contributed by atoms with Crippen LogP contribution in [-0.2, 0) is 20.9 Å². The van der Waals surface area contributed by atoms with Crippen LogP contribution in [0.15, 0.2) is 42.5 Å². The predicted molar refractivity (Wildman–Crippen MR) is 108 cm³/mol. The van der Waals surface area contributed by atoms with E-state index >= 15 is 0 Å². The van der Waals surface area contributed by atoms with Crippen molar-refractivity contribution in [1.82, 2.24) is 5.32 Å². The Bertz CT molecular complexity index is 920. The molecule has 0 saturated heterocycles. The molecular weight excluding hydrogens is 388 g/mol. The third kappa shape index (κ3) is 6.14. The van der Waals surface area contributed by atoms with Crippen LogP contribution < -0.4 is 19.5 Å². The van der Waals surface area contributed by atoms with Crippen LogP contribution in [0.1, 0.15) is 25.0 Å². The second kappa shape index (κ2) is 10.7. The molecule has 0 aliphatic carbocycles. The van der Waals surface area contributed by atoms with E-state index in [1.807, 2.05) is 6.07 Å². The highest BCUT2D eigenvalue weighted by Gasteiger charge is 2.23. The number of benzene rings is 2. The van der Waals surface area contributed by atoms with Crippen molar-refractivity contribution in [3.05, 3.63) is 53.6 Å². The van der Waals surface area contributed by atoms with Crippen LogP contribution in [0, 0.1) is 11.3 Å². The maximum atomic E-state index is 12.3. The molecule has 0 unspecified atom stereocenters.